The summed E-state index contributed by atoms with van der Waals surface area (Å²) in [6, 6.07) is 5.77. The Balaban J connectivity index is 2.17. The summed E-state index contributed by atoms with van der Waals surface area (Å²) in [5.41, 5.74) is 1.69. The lowest BCUT2D eigenvalue weighted by molar-refractivity contribution is 0.586. The number of benzene rings is 1. The summed E-state index contributed by atoms with van der Waals surface area (Å²) in [4.78, 5) is 0. The van der Waals surface area contributed by atoms with Crippen molar-refractivity contribution in [1.29, 1.82) is 0 Å². The van der Waals surface area contributed by atoms with E-state index >= 15 is 0 Å². The van der Waals surface area contributed by atoms with Crippen LogP contribution in [0.15, 0.2) is 18.2 Å². The average molecular weight is 294 g/mol. The molecule has 0 aliphatic heterocycles. The van der Waals surface area contributed by atoms with Crippen LogP contribution in [0.2, 0.25) is 10.0 Å². The van der Waals surface area contributed by atoms with Gasteiger partial charge >= 0.3 is 0 Å². The number of hydrogen-bond acceptors (Lipinski definition) is 0. The SMILES string of the molecule is Clc1ccc(CC2(CBr)CC2)c(Cl)c1. The maximum Gasteiger partial charge on any atom is 0.0453 e. The first-order valence-corrected chi connectivity index (χ1v) is 6.53. The summed E-state index contributed by atoms with van der Waals surface area (Å²) < 4.78 is 0. The molecule has 0 unspecified atom stereocenters. The Bertz CT molecular complexity index is 345. The van der Waals surface area contributed by atoms with Gasteiger partial charge in [0.2, 0.25) is 0 Å². The normalized spacial score (nSPS) is 18.2. The first kappa shape index (κ1) is 10.8. The van der Waals surface area contributed by atoms with Crippen LogP contribution in [-0.2, 0) is 6.42 Å². The van der Waals surface area contributed by atoms with Gasteiger partial charge in [-0.3, -0.25) is 0 Å². The predicted octanol–water partition coefficient (Wildman–Crippen LogP) is 4.71. The lowest BCUT2D eigenvalue weighted by atomic mass is 9.99. The molecule has 2 rings (SSSR count). The van der Waals surface area contributed by atoms with Gasteiger partial charge in [0, 0.05) is 15.4 Å². The third kappa shape index (κ3) is 2.26. The molecule has 1 aliphatic rings. The van der Waals surface area contributed by atoms with Crippen molar-refractivity contribution in [2.24, 2.45) is 5.41 Å². The van der Waals surface area contributed by atoms with Crippen LogP contribution in [-0.4, -0.2) is 5.33 Å². The van der Waals surface area contributed by atoms with Crippen LogP contribution < -0.4 is 0 Å². The van der Waals surface area contributed by atoms with Crippen LogP contribution in [0.25, 0.3) is 0 Å². The maximum atomic E-state index is 6.12. The molecule has 1 fully saturated rings. The molecule has 0 aromatic heterocycles. The van der Waals surface area contributed by atoms with E-state index in [9.17, 15) is 0 Å². The van der Waals surface area contributed by atoms with Crippen molar-refractivity contribution in [2.75, 3.05) is 5.33 Å². The fourth-order valence-electron chi connectivity index (χ4n) is 1.60. The first-order chi connectivity index (χ1) is 6.65. The van der Waals surface area contributed by atoms with Crippen LogP contribution in [0.3, 0.4) is 0 Å². The summed E-state index contributed by atoms with van der Waals surface area (Å²) in [6.45, 7) is 0. The highest BCUT2D eigenvalue weighted by atomic mass is 79.9. The van der Waals surface area contributed by atoms with Gasteiger partial charge in [0.25, 0.3) is 0 Å². The fraction of sp³-hybridized carbons (Fsp3) is 0.455. The minimum atomic E-state index is 0.470. The Morgan fingerprint density at radius 3 is 2.50 bits per heavy atom. The Hall–Kier alpha value is 0.280. The number of halogens is 3. The molecule has 3 heteroatoms. The van der Waals surface area contributed by atoms with Gasteiger partial charge in [0.1, 0.15) is 0 Å². The zero-order valence-electron chi connectivity index (χ0n) is 7.69. The Morgan fingerprint density at radius 2 is 2.00 bits per heavy atom. The van der Waals surface area contributed by atoms with E-state index in [0.717, 1.165) is 16.8 Å². The summed E-state index contributed by atoms with van der Waals surface area (Å²) in [6.07, 6.45) is 3.67. The molecule has 14 heavy (non-hydrogen) atoms. The van der Waals surface area contributed by atoms with Crippen LogP contribution in [0.1, 0.15) is 18.4 Å². The van der Waals surface area contributed by atoms with Gasteiger partial charge in [0.05, 0.1) is 0 Å². The second-order valence-electron chi connectivity index (χ2n) is 4.05. The van der Waals surface area contributed by atoms with E-state index in [1.54, 1.807) is 0 Å². The second kappa shape index (κ2) is 4.03. The van der Waals surface area contributed by atoms with E-state index < -0.39 is 0 Å². The third-order valence-electron chi connectivity index (χ3n) is 2.82. The molecule has 1 aromatic rings. The van der Waals surface area contributed by atoms with E-state index in [1.807, 2.05) is 18.2 Å². The van der Waals surface area contributed by atoms with E-state index in [1.165, 1.54) is 18.4 Å². The average Bonchev–Trinajstić information content (AvgIpc) is 2.91. The van der Waals surface area contributed by atoms with Gasteiger partial charge in [-0.15, -0.1) is 0 Å². The van der Waals surface area contributed by atoms with Gasteiger partial charge in [-0.05, 0) is 42.4 Å². The molecule has 0 atom stereocenters. The fourth-order valence-corrected chi connectivity index (χ4v) is 2.84. The highest BCUT2D eigenvalue weighted by Gasteiger charge is 2.41. The molecule has 76 valence electrons. The highest BCUT2D eigenvalue weighted by Crippen LogP contribution is 2.50. The smallest absolute Gasteiger partial charge is 0.0453 e. The zero-order chi connectivity index (χ0) is 10.2. The molecule has 1 aromatic carbocycles. The molecule has 0 heterocycles. The molecule has 0 amide bonds. The monoisotopic (exact) mass is 292 g/mol. The zero-order valence-corrected chi connectivity index (χ0v) is 10.8. The lowest BCUT2D eigenvalue weighted by Gasteiger charge is -2.12. The molecule has 1 saturated carbocycles. The number of rotatable bonds is 3. The maximum absolute atomic E-state index is 6.12. The second-order valence-corrected chi connectivity index (χ2v) is 5.45. The number of alkyl halides is 1. The Labute approximate surface area is 103 Å². The summed E-state index contributed by atoms with van der Waals surface area (Å²) in [7, 11) is 0. The third-order valence-corrected chi connectivity index (χ3v) is 4.60. The molecule has 0 bridgehead atoms. The molecular weight excluding hydrogens is 283 g/mol. The molecule has 0 saturated heterocycles. The van der Waals surface area contributed by atoms with Gasteiger partial charge < -0.3 is 0 Å². The summed E-state index contributed by atoms with van der Waals surface area (Å²) >= 11 is 15.5. The standard InChI is InChI=1S/C11H11BrCl2/c12-7-11(3-4-11)6-8-1-2-9(13)5-10(8)14/h1-2,5H,3-4,6-7H2. The molecular formula is C11H11BrCl2. The topological polar surface area (TPSA) is 0 Å². The molecule has 0 spiro atoms. The van der Waals surface area contributed by atoms with Crippen molar-refractivity contribution in [2.45, 2.75) is 19.3 Å². The predicted molar refractivity (Wildman–Crippen MR) is 65.6 cm³/mol. The van der Waals surface area contributed by atoms with Gasteiger partial charge in [-0.1, -0.05) is 45.2 Å². The van der Waals surface area contributed by atoms with Crippen LogP contribution in [0.5, 0.6) is 0 Å². The van der Waals surface area contributed by atoms with Crippen molar-refractivity contribution in [3.8, 4) is 0 Å². The molecule has 1 aliphatic carbocycles. The van der Waals surface area contributed by atoms with E-state index in [-0.39, 0.29) is 0 Å². The van der Waals surface area contributed by atoms with Crippen molar-refractivity contribution in [3.63, 3.8) is 0 Å². The van der Waals surface area contributed by atoms with Gasteiger partial charge in [0.15, 0.2) is 0 Å². The quantitative estimate of drug-likeness (QED) is 0.708. The Kier molecular flexibility index (Phi) is 3.11. The van der Waals surface area contributed by atoms with Crippen molar-refractivity contribution in [1.82, 2.24) is 0 Å². The minimum absolute atomic E-state index is 0.470. The van der Waals surface area contributed by atoms with Crippen LogP contribution >= 0.6 is 39.1 Å². The van der Waals surface area contributed by atoms with E-state index in [4.69, 9.17) is 23.2 Å². The Morgan fingerprint density at radius 1 is 1.29 bits per heavy atom. The van der Waals surface area contributed by atoms with Crippen LogP contribution in [0, 0.1) is 5.41 Å². The van der Waals surface area contributed by atoms with Crippen molar-refractivity contribution in [3.05, 3.63) is 33.8 Å². The molecule has 0 N–H and O–H groups in total. The van der Waals surface area contributed by atoms with Gasteiger partial charge in [-0.2, -0.15) is 0 Å². The van der Waals surface area contributed by atoms with Gasteiger partial charge in [-0.25, -0.2) is 0 Å². The molecule has 0 nitrogen and oxygen atoms in total. The van der Waals surface area contributed by atoms with Crippen molar-refractivity contribution < 1.29 is 0 Å². The largest absolute Gasteiger partial charge is 0.0922 e. The summed E-state index contributed by atoms with van der Waals surface area (Å²) in [5.74, 6) is 0. The van der Waals surface area contributed by atoms with Crippen LogP contribution in [0.4, 0.5) is 0 Å². The molecule has 0 radical (unpaired) electrons. The van der Waals surface area contributed by atoms with E-state index in [0.29, 0.717) is 10.4 Å². The van der Waals surface area contributed by atoms with E-state index in [2.05, 4.69) is 15.9 Å². The highest BCUT2D eigenvalue weighted by molar-refractivity contribution is 9.09. The summed E-state index contributed by atoms with van der Waals surface area (Å²) in [5, 5.41) is 2.58. The lowest BCUT2D eigenvalue weighted by Crippen LogP contribution is -2.06. The first-order valence-electron chi connectivity index (χ1n) is 4.65. The minimum Gasteiger partial charge on any atom is -0.0922 e. The number of hydrogen-bond donors (Lipinski definition) is 0. The van der Waals surface area contributed by atoms with Crippen molar-refractivity contribution >= 4 is 39.1 Å².